The minimum atomic E-state index is -1.12. The van der Waals surface area contributed by atoms with Crippen molar-refractivity contribution < 1.29 is 19.8 Å². The Bertz CT molecular complexity index is 1210. The molecular weight excluding hydrogens is 420 g/mol. The van der Waals surface area contributed by atoms with Gasteiger partial charge in [0.15, 0.2) is 0 Å². The van der Waals surface area contributed by atoms with Gasteiger partial charge >= 0.3 is 5.97 Å². The fourth-order valence-corrected chi connectivity index (χ4v) is 4.00. The van der Waals surface area contributed by atoms with E-state index in [9.17, 15) is 19.8 Å². The molecule has 3 aromatic rings. The maximum atomic E-state index is 12.5. The number of fused-ring (bicyclic) bond motifs is 1. The van der Waals surface area contributed by atoms with E-state index < -0.39 is 17.6 Å². The van der Waals surface area contributed by atoms with Gasteiger partial charge in [0, 0.05) is 30.6 Å². The average molecular weight is 447 g/mol. The zero-order valence-corrected chi connectivity index (χ0v) is 18.7. The van der Waals surface area contributed by atoms with E-state index in [0.29, 0.717) is 17.1 Å². The van der Waals surface area contributed by atoms with Crippen molar-refractivity contribution in [3.05, 3.63) is 83.0 Å². The maximum Gasteiger partial charge on any atom is 0.339 e. The van der Waals surface area contributed by atoms with Crippen LogP contribution in [0.25, 0.3) is 0 Å². The minimum Gasteiger partial charge on any atom is -0.478 e. The van der Waals surface area contributed by atoms with Crippen molar-refractivity contribution in [3.8, 4) is 0 Å². The summed E-state index contributed by atoms with van der Waals surface area (Å²) >= 11 is 0. The number of anilines is 3. The van der Waals surface area contributed by atoms with Gasteiger partial charge in [0.1, 0.15) is 11.4 Å². The molecule has 1 aliphatic heterocycles. The second-order valence-corrected chi connectivity index (χ2v) is 8.52. The molecule has 8 nitrogen and oxygen atoms in total. The molecule has 0 saturated heterocycles. The molecule has 0 fully saturated rings. The van der Waals surface area contributed by atoms with Crippen LogP contribution in [-0.4, -0.2) is 45.6 Å². The number of benzene rings is 2. The van der Waals surface area contributed by atoms with Crippen molar-refractivity contribution in [1.29, 1.82) is 0 Å². The summed E-state index contributed by atoms with van der Waals surface area (Å²) in [5.41, 5.74) is 3.02. The molecule has 2 heterocycles. The van der Waals surface area contributed by atoms with Crippen molar-refractivity contribution in [3.63, 3.8) is 0 Å². The summed E-state index contributed by atoms with van der Waals surface area (Å²) < 4.78 is 0. The number of nitrogens with zero attached hydrogens (tertiary/aromatic N) is 2. The molecule has 4 N–H and O–H groups in total. The molecular formula is C25H26N4O4. The number of carboxylic acids is 1. The Hall–Kier alpha value is -3.91. The lowest BCUT2D eigenvalue weighted by molar-refractivity contribution is 0.0684. The molecule has 0 aliphatic carbocycles. The van der Waals surface area contributed by atoms with E-state index in [2.05, 4.69) is 15.6 Å². The summed E-state index contributed by atoms with van der Waals surface area (Å²) in [5.74, 6) is -0.710. The highest BCUT2D eigenvalue weighted by Gasteiger charge is 2.40. The lowest BCUT2D eigenvalue weighted by atomic mass is 9.93. The summed E-state index contributed by atoms with van der Waals surface area (Å²) in [6.45, 7) is 3.76. The third kappa shape index (κ3) is 4.12. The van der Waals surface area contributed by atoms with E-state index in [1.165, 1.54) is 6.20 Å². The normalized spacial score (nSPS) is 15.2. The average Bonchev–Trinajstić information content (AvgIpc) is 2.98. The lowest BCUT2D eigenvalue weighted by Gasteiger charge is -2.28. The number of hydrogen-bond donors (Lipinski definition) is 4. The highest BCUT2D eigenvalue weighted by Crippen LogP contribution is 2.39. The third-order valence-electron chi connectivity index (χ3n) is 6.17. The molecule has 0 spiro atoms. The zero-order valence-electron chi connectivity index (χ0n) is 18.7. The number of pyridine rings is 1. The summed E-state index contributed by atoms with van der Waals surface area (Å²) in [6, 6.07) is 15.9. The first-order chi connectivity index (χ1) is 15.7. The Kier molecular flexibility index (Phi) is 5.78. The van der Waals surface area contributed by atoms with Crippen LogP contribution in [0.15, 0.2) is 60.8 Å². The zero-order chi connectivity index (χ0) is 23.8. The molecule has 33 heavy (non-hydrogen) atoms. The first-order valence-electron chi connectivity index (χ1n) is 10.6. The smallest absolute Gasteiger partial charge is 0.339 e. The molecule has 8 heteroatoms. The first-order valence-corrected chi connectivity index (χ1v) is 10.6. The largest absolute Gasteiger partial charge is 0.478 e. The van der Waals surface area contributed by atoms with Crippen molar-refractivity contribution in [2.24, 2.45) is 0 Å². The highest BCUT2D eigenvalue weighted by molar-refractivity contribution is 6.00. The molecule has 1 atom stereocenters. The Balaban J connectivity index is 1.65. The van der Waals surface area contributed by atoms with Crippen LogP contribution in [0.4, 0.5) is 17.2 Å². The van der Waals surface area contributed by atoms with Crippen LogP contribution in [0.3, 0.4) is 0 Å². The van der Waals surface area contributed by atoms with E-state index in [1.807, 2.05) is 50.2 Å². The van der Waals surface area contributed by atoms with Crippen LogP contribution < -0.4 is 10.6 Å². The summed E-state index contributed by atoms with van der Waals surface area (Å²) in [6.07, 6.45) is 1.28. The summed E-state index contributed by atoms with van der Waals surface area (Å²) in [7, 11) is 1.78. The number of carbonyl (C=O) groups excluding carboxylic acids is 1. The molecule has 0 saturated carbocycles. The van der Waals surface area contributed by atoms with E-state index >= 15 is 0 Å². The molecule has 0 radical (unpaired) electrons. The number of aromatic nitrogens is 1. The predicted molar refractivity (Wildman–Crippen MR) is 126 cm³/mol. The van der Waals surface area contributed by atoms with E-state index in [-0.39, 0.29) is 18.1 Å². The SMILES string of the molecule is CN1C(=O)c2ccc(Nc3cc(N[C@H](CO)c4ccccc4)c(C(=O)O)cn3)cc2C1(C)C. The highest BCUT2D eigenvalue weighted by atomic mass is 16.4. The van der Waals surface area contributed by atoms with Crippen molar-refractivity contribution in [1.82, 2.24) is 9.88 Å². The number of aromatic carboxylic acids is 1. The number of aliphatic hydroxyl groups excluding tert-OH is 1. The molecule has 0 bridgehead atoms. The molecule has 4 rings (SSSR count). The number of hydrogen-bond acceptors (Lipinski definition) is 6. The molecule has 2 aromatic carbocycles. The lowest BCUT2D eigenvalue weighted by Crippen LogP contribution is -2.35. The Labute approximate surface area is 191 Å². The van der Waals surface area contributed by atoms with Gasteiger partial charge < -0.3 is 25.7 Å². The van der Waals surface area contributed by atoms with Crippen LogP contribution >= 0.6 is 0 Å². The molecule has 1 aliphatic rings. The number of nitrogens with one attached hydrogen (secondary N) is 2. The topological polar surface area (TPSA) is 115 Å². The van der Waals surface area contributed by atoms with Crippen molar-refractivity contribution in [2.45, 2.75) is 25.4 Å². The standard InChI is InChI=1S/C25H26N4O4/c1-25(2)19-11-16(9-10-17(19)23(31)29(25)3)27-22-12-20(18(13-26-22)24(32)33)28-21(14-30)15-7-5-4-6-8-15/h4-13,21,30H,14H2,1-3H3,(H,32,33)(H2,26,27,28)/t21-/m1/s1. The van der Waals surface area contributed by atoms with Crippen LogP contribution in [0.1, 0.15) is 51.7 Å². The Morgan fingerprint density at radius 1 is 1.15 bits per heavy atom. The summed E-state index contributed by atoms with van der Waals surface area (Å²) in [4.78, 5) is 30.2. The third-order valence-corrected chi connectivity index (χ3v) is 6.17. The monoisotopic (exact) mass is 446 g/mol. The van der Waals surface area contributed by atoms with E-state index in [1.54, 1.807) is 30.1 Å². The number of carbonyl (C=O) groups is 2. The minimum absolute atomic E-state index is 0.00256. The number of amides is 1. The van der Waals surface area contributed by atoms with E-state index in [4.69, 9.17) is 0 Å². The molecule has 1 aromatic heterocycles. The molecule has 170 valence electrons. The number of aliphatic hydroxyl groups is 1. The van der Waals surface area contributed by atoms with Gasteiger partial charge in [-0.05, 0) is 43.2 Å². The maximum absolute atomic E-state index is 12.5. The van der Waals surface area contributed by atoms with Crippen LogP contribution in [-0.2, 0) is 5.54 Å². The van der Waals surface area contributed by atoms with Crippen LogP contribution in [0.2, 0.25) is 0 Å². The van der Waals surface area contributed by atoms with Gasteiger partial charge in [-0.15, -0.1) is 0 Å². The second-order valence-electron chi connectivity index (χ2n) is 8.52. The van der Waals surface area contributed by atoms with Crippen molar-refractivity contribution >= 4 is 29.1 Å². The fraction of sp³-hybridized carbons (Fsp3) is 0.240. The first kappa shape index (κ1) is 22.3. The van der Waals surface area contributed by atoms with Crippen LogP contribution in [0, 0.1) is 0 Å². The summed E-state index contributed by atoms with van der Waals surface area (Å²) in [5, 5.41) is 25.8. The fourth-order valence-electron chi connectivity index (χ4n) is 4.00. The predicted octanol–water partition coefficient (Wildman–Crippen LogP) is 3.99. The van der Waals surface area contributed by atoms with Gasteiger partial charge in [0.05, 0.1) is 23.9 Å². The van der Waals surface area contributed by atoms with Gasteiger partial charge in [-0.25, -0.2) is 9.78 Å². The quantitative estimate of drug-likeness (QED) is 0.434. The van der Waals surface area contributed by atoms with Crippen molar-refractivity contribution in [2.75, 3.05) is 24.3 Å². The second kappa shape index (κ2) is 8.55. The van der Waals surface area contributed by atoms with Gasteiger partial charge in [0.2, 0.25) is 0 Å². The molecule has 0 unspecified atom stereocenters. The van der Waals surface area contributed by atoms with Gasteiger partial charge in [0.25, 0.3) is 5.91 Å². The van der Waals surface area contributed by atoms with E-state index in [0.717, 1.165) is 16.8 Å². The Morgan fingerprint density at radius 2 is 1.88 bits per heavy atom. The Morgan fingerprint density at radius 3 is 2.55 bits per heavy atom. The van der Waals surface area contributed by atoms with Gasteiger partial charge in [-0.1, -0.05) is 30.3 Å². The number of rotatable bonds is 7. The van der Waals surface area contributed by atoms with Gasteiger partial charge in [-0.2, -0.15) is 0 Å². The van der Waals surface area contributed by atoms with Crippen LogP contribution in [0.5, 0.6) is 0 Å². The molecule has 1 amide bonds. The number of carboxylic acid groups (broad SMARTS) is 1. The van der Waals surface area contributed by atoms with Gasteiger partial charge in [-0.3, -0.25) is 4.79 Å².